The Hall–Kier alpha value is -5.27. The Kier molecular flexibility index (Phi) is 16.4. The summed E-state index contributed by atoms with van der Waals surface area (Å²) in [6.07, 6.45) is 13.1. The van der Waals surface area contributed by atoms with Gasteiger partial charge in [-0.1, -0.05) is 54.5 Å². The predicted octanol–water partition coefficient (Wildman–Crippen LogP) is 3.76. The molecule has 1 aromatic heterocycles. The zero-order chi connectivity index (χ0) is 45.8. The van der Waals surface area contributed by atoms with E-state index in [2.05, 4.69) is 88.4 Å². The number of benzene rings is 2. The summed E-state index contributed by atoms with van der Waals surface area (Å²) >= 11 is 5.44. The standard InChI is InChI=1S/C47H60N10O6S3/c58-39(15-7-5-13-37-44-32(28-64-37)52-46(62)54-44)48-20-22-50-41(60)18-25-56-24-17-30(31-9-1-2-10-34(31)56)27-43-57(35-11-3-4-12-36(35)66-43)26-19-42(61)51-23-21-49-40(59)16-8-6-14-38-45-33(29-65-38)53-47(63)55-45/h1-4,9-12,17,24,27,32-33,37-38,44-45H,5-8,13-16,18-23,25-26,28-29H2,(H7-,48,49,50,51,52,53,54,55,58,59,60,61,62,63)/p+1. The molecule has 5 aliphatic heterocycles. The number of allylic oxidation sites excluding steroid dienone is 2. The van der Waals surface area contributed by atoms with Crippen LogP contribution in [0.1, 0.15) is 74.8 Å². The first-order valence-electron chi connectivity index (χ1n) is 23.3. The lowest BCUT2D eigenvalue weighted by molar-refractivity contribution is -0.667. The molecular formula is C47H61N10O6S3+. The average molecular weight is 958 g/mol. The van der Waals surface area contributed by atoms with Crippen LogP contribution in [-0.4, -0.2) is 115 Å². The van der Waals surface area contributed by atoms with Gasteiger partial charge in [0.25, 0.3) is 5.01 Å². The van der Waals surface area contributed by atoms with E-state index < -0.39 is 0 Å². The number of nitrogens with one attached hydrogen (secondary N) is 8. The number of carbonyl (C=O) groups excluding carboxylic acids is 6. The number of anilines is 1. The molecule has 0 radical (unpaired) electrons. The molecule has 0 aliphatic carbocycles. The summed E-state index contributed by atoms with van der Waals surface area (Å²) in [7, 11) is 0. The molecule has 5 aliphatic rings. The number of fused-ring (bicyclic) bond motifs is 4. The second kappa shape index (κ2) is 23.0. The van der Waals surface area contributed by atoms with Crippen molar-refractivity contribution in [2.45, 2.75) is 105 Å². The van der Waals surface area contributed by atoms with Crippen LogP contribution in [0.4, 0.5) is 15.3 Å². The Labute approximate surface area is 398 Å². The lowest BCUT2D eigenvalue weighted by Crippen LogP contribution is -2.40. The second-order valence-electron chi connectivity index (χ2n) is 17.3. The van der Waals surface area contributed by atoms with Crippen molar-refractivity contribution in [2.75, 3.05) is 49.1 Å². The molecule has 4 saturated heterocycles. The number of amides is 8. The van der Waals surface area contributed by atoms with Crippen molar-refractivity contribution in [3.63, 3.8) is 0 Å². The van der Waals surface area contributed by atoms with Crippen molar-refractivity contribution < 1.29 is 33.3 Å². The van der Waals surface area contributed by atoms with Gasteiger partial charge in [-0.25, -0.2) is 9.59 Å². The van der Waals surface area contributed by atoms with Crippen molar-refractivity contribution in [3.8, 4) is 0 Å². The Bertz CT molecular complexity index is 2320. The topological polar surface area (TPSA) is 206 Å². The maximum Gasteiger partial charge on any atom is 0.315 e. The van der Waals surface area contributed by atoms with Gasteiger partial charge in [-0.2, -0.15) is 28.1 Å². The lowest BCUT2D eigenvalue weighted by atomic mass is 9.99. The van der Waals surface area contributed by atoms with Crippen LogP contribution in [0.25, 0.3) is 21.9 Å². The first kappa shape index (κ1) is 47.2. The molecule has 6 unspecified atom stereocenters. The van der Waals surface area contributed by atoms with Crippen LogP contribution in [0.5, 0.6) is 0 Å². The number of urea groups is 2. The van der Waals surface area contributed by atoms with Crippen LogP contribution >= 0.6 is 34.9 Å². The SMILES string of the molecule is O=C(CCCCC1SCC2NC(=O)NC21)NCCNC(=O)CCN1C=C/C(=C\c2sc3ccccc3[n+]2CCC(=O)NCCNC(=O)CCCCC2SCC3NC(=O)NC32)c2ccccc21. The van der Waals surface area contributed by atoms with Crippen molar-refractivity contribution in [3.05, 3.63) is 71.4 Å². The lowest BCUT2D eigenvalue weighted by Gasteiger charge is -2.27. The van der Waals surface area contributed by atoms with Gasteiger partial charge in [-0.15, -0.1) is 0 Å². The Balaban J connectivity index is 0.739. The third-order valence-corrected chi connectivity index (χ3v) is 16.8. The number of aromatic nitrogens is 1. The molecule has 352 valence electrons. The summed E-state index contributed by atoms with van der Waals surface area (Å²) < 4.78 is 3.31. The van der Waals surface area contributed by atoms with Gasteiger partial charge in [0.05, 0.1) is 30.6 Å². The molecule has 6 atom stereocenters. The van der Waals surface area contributed by atoms with Crippen LogP contribution < -0.4 is 52.0 Å². The van der Waals surface area contributed by atoms with Gasteiger partial charge >= 0.3 is 12.1 Å². The van der Waals surface area contributed by atoms with Gasteiger partial charge in [0, 0.05) is 104 Å². The fraction of sp³-hybridized carbons (Fsp3) is 0.511. The van der Waals surface area contributed by atoms with Crippen LogP contribution in [0.3, 0.4) is 0 Å². The highest BCUT2D eigenvalue weighted by atomic mass is 32.2. The number of carbonyl (C=O) groups is 6. The maximum absolute atomic E-state index is 13.0. The minimum absolute atomic E-state index is 0.0201. The molecule has 19 heteroatoms. The van der Waals surface area contributed by atoms with Gasteiger partial charge < -0.3 is 47.4 Å². The fourth-order valence-electron chi connectivity index (χ4n) is 9.30. The smallest absolute Gasteiger partial charge is 0.315 e. The summed E-state index contributed by atoms with van der Waals surface area (Å²) in [6, 6.07) is 16.9. The normalized spacial score (nSPS) is 23.1. The van der Waals surface area contributed by atoms with Gasteiger partial charge in [0.2, 0.25) is 29.1 Å². The average Bonchev–Trinajstić information content (AvgIpc) is 4.14. The van der Waals surface area contributed by atoms with E-state index in [1.807, 2.05) is 54.0 Å². The van der Waals surface area contributed by atoms with Crippen molar-refractivity contribution in [1.82, 2.24) is 42.5 Å². The number of para-hydroxylation sites is 2. The van der Waals surface area contributed by atoms with Crippen molar-refractivity contribution in [1.29, 1.82) is 0 Å². The largest absolute Gasteiger partial charge is 0.354 e. The summed E-state index contributed by atoms with van der Waals surface area (Å²) in [5.41, 5.74) is 4.13. The second-order valence-corrected chi connectivity index (χ2v) is 20.9. The van der Waals surface area contributed by atoms with E-state index in [9.17, 15) is 28.8 Å². The first-order valence-corrected chi connectivity index (χ1v) is 26.2. The highest BCUT2D eigenvalue weighted by molar-refractivity contribution is 8.00. The minimum atomic E-state index is -0.0864. The van der Waals surface area contributed by atoms with E-state index in [1.165, 1.54) is 0 Å². The molecule has 0 saturated carbocycles. The quantitative estimate of drug-likeness (QED) is 0.0396. The number of hydrogen-bond acceptors (Lipinski definition) is 10. The van der Waals surface area contributed by atoms with Crippen LogP contribution in [0.15, 0.2) is 60.8 Å². The molecule has 8 N–H and O–H groups in total. The first-order chi connectivity index (χ1) is 32.2. The van der Waals surface area contributed by atoms with Gasteiger partial charge in [0.15, 0.2) is 6.54 Å². The zero-order valence-corrected chi connectivity index (χ0v) is 39.6. The number of aryl methyl sites for hydroxylation is 1. The minimum Gasteiger partial charge on any atom is -0.354 e. The molecule has 66 heavy (non-hydrogen) atoms. The van der Waals surface area contributed by atoms with Crippen molar-refractivity contribution >= 4 is 98.1 Å². The van der Waals surface area contributed by atoms with Gasteiger partial charge in [-0.05, 0) is 49.5 Å². The van der Waals surface area contributed by atoms with E-state index >= 15 is 0 Å². The summed E-state index contributed by atoms with van der Waals surface area (Å²) in [4.78, 5) is 76.1. The van der Waals surface area contributed by atoms with E-state index in [-0.39, 0.29) is 72.7 Å². The monoisotopic (exact) mass is 957 g/mol. The van der Waals surface area contributed by atoms with Crippen LogP contribution in [0.2, 0.25) is 0 Å². The van der Waals surface area contributed by atoms with E-state index in [0.29, 0.717) is 62.6 Å². The highest BCUT2D eigenvalue weighted by Gasteiger charge is 2.43. The summed E-state index contributed by atoms with van der Waals surface area (Å²) in [5, 5.41) is 25.5. The highest BCUT2D eigenvalue weighted by Crippen LogP contribution is 2.36. The number of thiazole rings is 1. The molecular weight excluding hydrogens is 897 g/mol. The predicted molar refractivity (Wildman–Crippen MR) is 262 cm³/mol. The van der Waals surface area contributed by atoms with Crippen molar-refractivity contribution in [2.24, 2.45) is 0 Å². The fourth-order valence-corrected chi connectivity index (χ4v) is 13.5. The molecule has 4 fully saturated rings. The number of thioether (sulfide) groups is 2. The molecule has 0 spiro atoms. The van der Waals surface area contributed by atoms with E-state index in [1.54, 1.807) is 11.3 Å². The van der Waals surface area contributed by atoms with Gasteiger partial charge in [-0.3, -0.25) is 19.2 Å². The molecule has 8 amide bonds. The molecule has 2 aromatic carbocycles. The van der Waals surface area contributed by atoms with E-state index in [4.69, 9.17) is 0 Å². The molecule has 16 nitrogen and oxygen atoms in total. The number of nitrogens with zero attached hydrogens (tertiary/aromatic N) is 2. The Morgan fingerprint density at radius 2 is 1.21 bits per heavy atom. The van der Waals surface area contributed by atoms with Gasteiger partial charge in [0.1, 0.15) is 4.70 Å². The number of unbranched alkanes of at least 4 members (excludes halogenated alkanes) is 2. The number of hydrogen-bond donors (Lipinski definition) is 8. The molecule has 6 heterocycles. The summed E-state index contributed by atoms with van der Waals surface area (Å²) in [6.45, 7) is 2.43. The third-order valence-electron chi connectivity index (χ3n) is 12.7. The van der Waals surface area contributed by atoms with Crippen LogP contribution in [-0.2, 0) is 25.7 Å². The maximum atomic E-state index is 13.0. The third kappa shape index (κ3) is 12.4. The molecule has 3 aromatic rings. The molecule has 8 rings (SSSR count). The van der Waals surface area contributed by atoms with Crippen LogP contribution in [0, 0.1) is 0 Å². The zero-order valence-electron chi connectivity index (χ0n) is 37.1. The molecule has 0 bridgehead atoms. The summed E-state index contributed by atoms with van der Waals surface area (Å²) in [5.74, 6) is 1.65. The Morgan fingerprint density at radius 1 is 0.667 bits per heavy atom. The number of rotatable bonds is 23. The van der Waals surface area contributed by atoms with E-state index in [0.717, 1.165) is 82.1 Å². The Morgan fingerprint density at radius 3 is 1.83 bits per heavy atom.